The quantitative estimate of drug-likeness (QED) is 0.778. The van der Waals surface area contributed by atoms with E-state index < -0.39 is 0 Å². The van der Waals surface area contributed by atoms with Gasteiger partial charge < -0.3 is 4.74 Å². The molecule has 0 amide bonds. The highest BCUT2D eigenvalue weighted by Crippen LogP contribution is 2.29. The molecule has 0 saturated carbocycles. The number of ether oxygens (including phenoxy) is 1. The van der Waals surface area contributed by atoms with E-state index in [0.717, 1.165) is 30.6 Å². The van der Waals surface area contributed by atoms with Crippen molar-refractivity contribution < 1.29 is 9.53 Å². The SMILES string of the molecule is CCCC(C)CC(=O)C1Cc2ccccc2O1. The van der Waals surface area contributed by atoms with E-state index in [0.29, 0.717) is 12.3 Å². The first-order valence-corrected chi connectivity index (χ1v) is 6.48. The van der Waals surface area contributed by atoms with Crippen LogP contribution >= 0.6 is 0 Å². The van der Waals surface area contributed by atoms with Crippen molar-refractivity contribution in [3.8, 4) is 5.75 Å². The molecule has 1 aliphatic heterocycles. The van der Waals surface area contributed by atoms with Crippen LogP contribution in [0.25, 0.3) is 0 Å². The fourth-order valence-electron chi connectivity index (χ4n) is 2.43. The number of rotatable bonds is 5. The fraction of sp³-hybridized carbons (Fsp3) is 0.533. The van der Waals surface area contributed by atoms with Gasteiger partial charge in [-0.15, -0.1) is 0 Å². The van der Waals surface area contributed by atoms with Gasteiger partial charge in [0.05, 0.1) is 0 Å². The van der Waals surface area contributed by atoms with Crippen molar-refractivity contribution in [2.24, 2.45) is 5.92 Å². The van der Waals surface area contributed by atoms with E-state index in [4.69, 9.17) is 4.74 Å². The highest BCUT2D eigenvalue weighted by molar-refractivity contribution is 5.84. The molecule has 2 unspecified atom stereocenters. The molecule has 17 heavy (non-hydrogen) atoms. The summed E-state index contributed by atoms with van der Waals surface area (Å²) >= 11 is 0. The van der Waals surface area contributed by atoms with Gasteiger partial charge in [0, 0.05) is 12.8 Å². The maximum atomic E-state index is 12.1. The van der Waals surface area contributed by atoms with Crippen molar-refractivity contribution in [2.45, 2.75) is 45.6 Å². The molecule has 0 radical (unpaired) electrons. The molecule has 2 atom stereocenters. The van der Waals surface area contributed by atoms with Crippen molar-refractivity contribution in [1.29, 1.82) is 0 Å². The Labute approximate surface area is 103 Å². The van der Waals surface area contributed by atoms with Gasteiger partial charge >= 0.3 is 0 Å². The topological polar surface area (TPSA) is 26.3 Å². The first kappa shape index (κ1) is 12.2. The molecule has 2 heteroatoms. The van der Waals surface area contributed by atoms with E-state index in [1.807, 2.05) is 24.3 Å². The van der Waals surface area contributed by atoms with Crippen LogP contribution in [0.5, 0.6) is 5.75 Å². The Morgan fingerprint density at radius 1 is 1.47 bits per heavy atom. The Hall–Kier alpha value is -1.31. The molecule has 1 heterocycles. The summed E-state index contributed by atoms with van der Waals surface area (Å²) in [5.41, 5.74) is 1.16. The Morgan fingerprint density at radius 2 is 2.24 bits per heavy atom. The average Bonchev–Trinajstić information content (AvgIpc) is 2.72. The van der Waals surface area contributed by atoms with Crippen LogP contribution in [0.15, 0.2) is 24.3 Å². The Balaban J connectivity index is 1.92. The largest absolute Gasteiger partial charge is 0.482 e. The molecular weight excluding hydrogens is 212 g/mol. The van der Waals surface area contributed by atoms with Crippen molar-refractivity contribution in [3.05, 3.63) is 29.8 Å². The predicted molar refractivity (Wildman–Crippen MR) is 68.3 cm³/mol. The van der Waals surface area contributed by atoms with E-state index in [1.165, 1.54) is 0 Å². The number of hydrogen-bond acceptors (Lipinski definition) is 2. The lowest BCUT2D eigenvalue weighted by Gasteiger charge is -2.13. The maximum Gasteiger partial charge on any atom is 0.173 e. The standard InChI is InChI=1S/C15H20O2/c1-3-6-11(2)9-13(16)15-10-12-7-4-5-8-14(12)17-15/h4-5,7-8,11,15H,3,6,9-10H2,1-2H3. The third-order valence-corrected chi connectivity index (χ3v) is 3.34. The monoisotopic (exact) mass is 232 g/mol. The van der Waals surface area contributed by atoms with Crippen LogP contribution in [0.2, 0.25) is 0 Å². The average molecular weight is 232 g/mol. The molecule has 0 aromatic heterocycles. The molecule has 92 valence electrons. The Bertz CT molecular complexity index is 373. The first-order valence-electron chi connectivity index (χ1n) is 6.48. The molecule has 0 bridgehead atoms. The molecule has 0 N–H and O–H groups in total. The Kier molecular flexibility index (Phi) is 3.82. The lowest BCUT2D eigenvalue weighted by molar-refractivity contribution is -0.125. The van der Waals surface area contributed by atoms with Gasteiger partial charge in [-0.3, -0.25) is 4.79 Å². The number of para-hydroxylation sites is 1. The number of fused-ring (bicyclic) bond motifs is 1. The van der Waals surface area contributed by atoms with E-state index in [2.05, 4.69) is 13.8 Å². The minimum absolute atomic E-state index is 0.244. The summed E-state index contributed by atoms with van der Waals surface area (Å²) in [6.07, 6.45) is 3.40. The van der Waals surface area contributed by atoms with Gasteiger partial charge in [0.1, 0.15) is 5.75 Å². The van der Waals surface area contributed by atoms with Crippen LogP contribution in [0.3, 0.4) is 0 Å². The van der Waals surface area contributed by atoms with Crippen LogP contribution in [0, 0.1) is 5.92 Å². The Morgan fingerprint density at radius 3 is 2.94 bits per heavy atom. The number of carbonyl (C=O) groups is 1. The summed E-state index contributed by atoms with van der Waals surface area (Å²) in [5, 5.41) is 0. The molecule has 0 fully saturated rings. The number of ketones is 1. The second-order valence-electron chi connectivity index (χ2n) is 4.98. The van der Waals surface area contributed by atoms with Gasteiger partial charge in [-0.05, 0) is 17.5 Å². The number of carbonyl (C=O) groups excluding carboxylic acids is 1. The summed E-state index contributed by atoms with van der Waals surface area (Å²) in [4.78, 5) is 12.1. The third kappa shape index (κ3) is 2.87. The lowest BCUT2D eigenvalue weighted by atomic mass is 9.96. The lowest BCUT2D eigenvalue weighted by Crippen LogP contribution is -2.26. The fourth-order valence-corrected chi connectivity index (χ4v) is 2.43. The number of Topliss-reactive ketones (excluding diaryl/α,β-unsaturated/α-hetero) is 1. The summed E-state index contributed by atoms with van der Waals surface area (Å²) in [6, 6.07) is 7.93. The van der Waals surface area contributed by atoms with E-state index in [-0.39, 0.29) is 11.9 Å². The van der Waals surface area contributed by atoms with Crippen LogP contribution in [0.1, 0.15) is 38.7 Å². The van der Waals surface area contributed by atoms with Gasteiger partial charge in [0.15, 0.2) is 11.9 Å². The molecule has 0 saturated heterocycles. The first-order chi connectivity index (χ1) is 8.20. The van der Waals surface area contributed by atoms with E-state index >= 15 is 0 Å². The minimum atomic E-state index is -0.244. The molecule has 0 aliphatic carbocycles. The third-order valence-electron chi connectivity index (χ3n) is 3.34. The van der Waals surface area contributed by atoms with Crippen molar-refractivity contribution in [1.82, 2.24) is 0 Å². The summed E-state index contributed by atoms with van der Waals surface area (Å²) in [5.74, 6) is 1.61. The van der Waals surface area contributed by atoms with Crippen LogP contribution < -0.4 is 4.74 Å². The zero-order valence-corrected chi connectivity index (χ0v) is 10.6. The smallest absolute Gasteiger partial charge is 0.173 e. The van der Waals surface area contributed by atoms with Crippen molar-refractivity contribution in [2.75, 3.05) is 0 Å². The van der Waals surface area contributed by atoms with E-state index in [9.17, 15) is 4.79 Å². The highest BCUT2D eigenvalue weighted by atomic mass is 16.5. The van der Waals surface area contributed by atoms with Gasteiger partial charge in [0.2, 0.25) is 0 Å². The van der Waals surface area contributed by atoms with Crippen LogP contribution in [-0.4, -0.2) is 11.9 Å². The van der Waals surface area contributed by atoms with E-state index in [1.54, 1.807) is 0 Å². The molecule has 2 rings (SSSR count). The molecule has 2 nitrogen and oxygen atoms in total. The summed E-state index contributed by atoms with van der Waals surface area (Å²) < 4.78 is 5.70. The molecule has 1 aliphatic rings. The minimum Gasteiger partial charge on any atom is -0.482 e. The second kappa shape index (κ2) is 5.35. The molecule has 1 aromatic carbocycles. The molecular formula is C15H20O2. The van der Waals surface area contributed by atoms with Crippen molar-refractivity contribution >= 4 is 5.78 Å². The zero-order chi connectivity index (χ0) is 12.3. The van der Waals surface area contributed by atoms with Crippen LogP contribution in [-0.2, 0) is 11.2 Å². The maximum absolute atomic E-state index is 12.1. The van der Waals surface area contributed by atoms with Gasteiger partial charge in [-0.1, -0.05) is 44.9 Å². The second-order valence-corrected chi connectivity index (χ2v) is 4.98. The summed E-state index contributed by atoms with van der Waals surface area (Å²) in [6.45, 7) is 4.30. The summed E-state index contributed by atoms with van der Waals surface area (Å²) in [7, 11) is 0. The number of hydrogen-bond donors (Lipinski definition) is 0. The number of benzene rings is 1. The van der Waals surface area contributed by atoms with Crippen LogP contribution in [0.4, 0.5) is 0 Å². The van der Waals surface area contributed by atoms with Gasteiger partial charge in [-0.2, -0.15) is 0 Å². The highest BCUT2D eigenvalue weighted by Gasteiger charge is 2.28. The zero-order valence-electron chi connectivity index (χ0n) is 10.6. The van der Waals surface area contributed by atoms with Gasteiger partial charge in [-0.25, -0.2) is 0 Å². The molecule has 0 spiro atoms. The van der Waals surface area contributed by atoms with Crippen molar-refractivity contribution in [3.63, 3.8) is 0 Å². The predicted octanol–water partition coefficient (Wildman–Crippen LogP) is 3.39. The van der Waals surface area contributed by atoms with Gasteiger partial charge in [0.25, 0.3) is 0 Å². The normalized spacial score (nSPS) is 19.5. The molecule has 1 aromatic rings.